The van der Waals surface area contributed by atoms with Gasteiger partial charge in [0.25, 0.3) is 10.0 Å². The maximum absolute atomic E-state index is 14.9. The van der Waals surface area contributed by atoms with Gasteiger partial charge in [0, 0.05) is 33.7 Å². The molecule has 0 radical (unpaired) electrons. The first kappa shape index (κ1) is 21.3. The molecule has 3 heterocycles. The van der Waals surface area contributed by atoms with E-state index < -0.39 is 33.6 Å². The Morgan fingerprint density at radius 2 is 2.00 bits per heavy atom. The molecule has 0 aliphatic carbocycles. The Bertz CT molecular complexity index is 1400. The number of fused-ring (bicyclic) bond motifs is 1. The van der Waals surface area contributed by atoms with Gasteiger partial charge >= 0.3 is 5.76 Å². The van der Waals surface area contributed by atoms with Crippen LogP contribution in [0.15, 0.2) is 67.5 Å². The molecule has 0 bridgehead atoms. The number of aromatic nitrogens is 4. The summed E-state index contributed by atoms with van der Waals surface area (Å²) in [4.78, 5) is 19.7. The lowest BCUT2D eigenvalue weighted by Crippen LogP contribution is -2.33. The van der Waals surface area contributed by atoms with Crippen molar-refractivity contribution in [1.29, 1.82) is 0 Å². The molecule has 0 unspecified atom stereocenters. The Labute approximate surface area is 183 Å². The quantitative estimate of drug-likeness (QED) is 0.409. The molecule has 4 rings (SSSR count). The monoisotopic (exact) mass is 507 g/mol. The molecule has 0 amide bonds. The second-order valence-electron chi connectivity index (χ2n) is 6.69. The minimum absolute atomic E-state index is 0.153. The average molecular weight is 508 g/mol. The van der Waals surface area contributed by atoms with E-state index in [0.717, 1.165) is 0 Å². The van der Waals surface area contributed by atoms with Crippen molar-refractivity contribution < 1.29 is 17.2 Å². The number of pyridine rings is 2. The second-order valence-corrected chi connectivity index (χ2v) is 9.27. The predicted molar refractivity (Wildman–Crippen MR) is 112 cm³/mol. The van der Waals surface area contributed by atoms with E-state index in [1.165, 1.54) is 30.6 Å². The van der Waals surface area contributed by atoms with E-state index in [9.17, 15) is 17.6 Å². The third kappa shape index (κ3) is 4.27. The summed E-state index contributed by atoms with van der Waals surface area (Å²) in [5.74, 6) is -2.55. The molecule has 0 aliphatic rings. The molecule has 2 N–H and O–H groups in total. The van der Waals surface area contributed by atoms with E-state index in [4.69, 9.17) is 4.42 Å². The molecule has 31 heavy (non-hydrogen) atoms. The van der Waals surface area contributed by atoms with Crippen LogP contribution in [0.2, 0.25) is 0 Å². The van der Waals surface area contributed by atoms with Gasteiger partial charge < -0.3 is 4.42 Å². The van der Waals surface area contributed by atoms with E-state index in [1.54, 1.807) is 25.1 Å². The maximum atomic E-state index is 14.9. The first-order chi connectivity index (χ1) is 14.8. The third-order valence-corrected chi connectivity index (χ3v) is 6.52. The smallest absolute Gasteiger partial charge is 0.391 e. The minimum atomic E-state index is -4.18. The van der Waals surface area contributed by atoms with Crippen molar-refractivity contribution in [3.63, 3.8) is 0 Å². The van der Waals surface area contributed by atoms with Gasteiger partial charge in [0.1, 0.15) is 11.9 Å². The number of rotatable bonds is 6. The van der Waals surface area contributed by atoms with E-state index >= 15 is 0 Å². The lowest BCUT2D eigenvalue weighted by atomic mass is 9.91. The van der Waals surface area contributed by atoms with Gasteiger partial charge in [-0.05, 0) is 46.3 Å². The summed E-state index contributed by atoms with van der Waals surface area (Å²) < 4.78 is 48.9. The van der Waals surface area contributed by atoms with Crippen LogP contribution in [0.5, 0.6) is 0 Å². The second kappa shape index (κ2) is 8.29. The molecule has 0 aliphatic heterocycles. The Balaban J connectivity index is 1.82. The van der Waals surface area contributed by atoms with Gasteiger partial charge in [-0.1, -0.05) is 13.0 Å². The fourth-order valence-electron chi connectivity index (χ4n) is 3.23. The van der Waals surface area contributed by atoms with Crippen LogP contribution < -0.4 is 10.5 Å². The Hall–Kier alpha value is -2.96. The average Bonchev–Trinajstić information content (AvgIpc) is 3.18. The zero-order chi connectivity index (χ0) is 22.2. The third-order valence-electron chi connectivity index (χ3n) is 4.69. The lowest BCUT2D eigenvalue weighted by molar-refractivity contribution is 0.378. The number of benzene rings is 1. The van der Waals surface area contributed by atoms with Crippen LogP contribution in [-0.4, -0.2) is 28.6 Å². The van der Waals surface area contributed by atoms with Crippen LogP contribution in [0.1, 0.15) is 30.3 Å². The van der Waals surface area contributed by atoms with Crippen molar-refractivity contribution in [2.24, 2.45) is 0 Å². The highest BCUT2D eigenvalue weighted by molar-refractivity contribution is 9.10. The molecular weight excluding hydrogens is 493 g/mol. The number of aromatic amines is 1. The van der Waals surface area contributed by atoms with Crippen LogP contribution in [0.4, 0.5) is 4.39 Å². The predicted octanol–water partition coefficient (Wildman–Crippen LogP) is 3.03. The minimum Gasteiger partial charge on any atom is -0.391 e. The van der Waals surface area contributed by atoms with Crippen LogP contribution in [0, 0.1) is 5.82 Å². The number of H-pyrrole nitrogens is 1. The molecule has 160 valence electrons. The van der Waals surface area contributed by atoms with Crippen LogP contribution in [0.3, 0.4) is 0 Å². The fraction of sp³-hybridized carbons (Fsp3) is 0.158. The van der Waals surface area contributed by atoms with Crippen molar-refractivity contribution in [3.8, 4) is 0 Å². The van der Waals surface area contributed by atoms with E-state index in [2.05, 4.69) is 40.8 Å². The number of sulfonamides is 1. The SMILES string of the molecule is C[C@H](c1c(F)ccc2cccnc12)[C@H](NS(=O)(=O)c1ccc(Br)cn1)c1n[nH]c(=O)o1. The number of halogens is 2. The van der Waals surface area contributed by atoms with E-state index in [0.29, 0.717) is 15.4 Å². The Kier molecular flexibility index (Phi) is 5.69. The summed E-state index contributed by atoms with van der Waals surface area (Å²) in [7, 11) is -4.18. The van der Waals surface area contributed by atoms with E-state index in [1.807, 2.05) is 0 Å². The van der Waals surface area contributed by atoms with Crippen LogP contribution >= 0.6 is 15.9 Å². The number of hydrogen-bond donors (Lipinski definition) is 2. The number of nitrogens with zero attached hydrogens (tertiary/aromatic N) is 3. The van der Waals surface area contributed by atoms with Gasteiger partial charge in [-0.15, -0.1) is 5.10 Å². The number of hydrogen-bond acceptors (Lipinski definition) is 7. The topological polar surface area (TPSA) is 131 Å². The maximum Gasteiger partial charge on any atom is 0.434 e. The van der Waals surface area contributed by atoms with Gasteiger partial charge in [0.2, 0.25) is 5.89 Å². The van der Waals surface area contributed by atoms with Gasteiger partial charge in [0.05, 0.1) is 5.52 Å². The first-order valence-corrected chi connectivity index (χ1v) is 11.3. The molecule has 2 atom stereocenters. The molecule has 3 aromatic heterocycles. The van der Waals surface area contributed by atoms with Crippen molar-refractivity contribution in [2.45, 2.75) is 23.9 Å². The fourth-order valence-corrected chi connectivity index (χ4v) is 4.67. The van der Waals surface area contributed by atoms with Gasteiger partial charge in [-0.25, -0.2) is 27.7 Å². The highest BCUT2D eigenvalue weighted by Gasteiger charge is 2.34. The largest absolute Gasteiger partial charge is 0.434 e. The van der Waals surface area contributed by atoms with Crippen molar-refractivity contribution in [2.75, 3.05) is 0 Å². The Morgan fingerprint density at radius 3 is 2.68 bits per heavy atom. The zero-order valence-electron chi connectivity index (χ0n) is 15.9. The van der Waals surface area contributed by atoms with E-state index in [-0.39, 0.29) is 16.5 Å². The van der Waals surface area contributed by atoms with Gasteiger partial charge in [0.15, 0.2) is 5.03 Å². The highest BCUT2D eigenvalue weighted by Crippen LogP contribution is 2.35. The molecule has 9 nitrogen and oxygen atoms in total. The summed E-state index contributed by atoms with van der Waals surface area (Å²) >= 11 is 3.20. The van der Waals surface area contributed by atoms with Crippen LogP contribution in [0.25, 0.3) is 10.9 Å². The molecule has 4 aromatic rings. The number of nitrogens with one attached hydrogen (secondary N) is 2. The van der Waals surface area contributed by atoms with Gasteiger partial charge in [-0.3, -0.25) is 4.98 Å². The molecule has 0 spiro atoms. The summed E-state index contributed by atoms with van der Waals surface area (Å²) in [6, 6.07) is 7.92. The molecule has 0 saturated carbocycles. The standard InChI is InChI=1S/C19H15BrFN5O4S/c1-10(15-13(21)6-4-11-3-2-8-22-17(11)15)16(18-24-25-19(27)30-18)26-31(28,29)14-7-5-12(20)9-23-14/h2-10,16,26H,1H3,(H,25,27)/t10-,16+/m1/s1. The molecule has 12 heteroatoms. The van der Waals surface area contributed by atoms with Gasteiger partial charge in [-0.2, -0.15) is 4.72 Å². The molecule has 1 aromatic carbocycles. The molecule has 0 fully saturated rings. The summed E-state index contributed by atoms with van der Waals surface area (Å²) in [6.45, 7) is 1.59. The van der Waals surface area contributed by atoms with Crippen molar-refractivity contribution >= 4 is 36.9 Å². The Morgan fingerprint density at radius 1 is 1.19 bits per heavy atom. The highest BCUT2D eigenvalue weighted by atomic mass is 79.9. The molecular formula is C19H15BrFN5O4S. The summed E-state index contributed by atoms with van der Waals surface area (Å²) in [6.07, 6.45) is 2.84. The normalized spacial score (nSPS) is 13.9. The molecule has 0 saturated heterocycles. The zero-order valence-corrected chi connectivity index (χ0v) is 18.3. The summed E-state index contributed by atoms with van der Waals surface area (Å²) in [5, 5.41) is 6.27. The summed E-state index contributed by atoms with van der Waals surface area (Å²) in [5.41, 5.74) is 0.513. The van der Waals surface area contributed by atoms with Crippen molar-refractivity contribution in [1.82, 2.24) is 24.9 Å². The van der Waals surface area contributed by atoms with Crippen LogP contribution in [-0.2, 0) is 10.0 Å². The first-order valence-electron chi connectivity index (χ1n) is 8.98. The van der Waals surface area contributed by atoms with Crippen molar-refractivity contribution in [3.05, 3.63) is 81.1 Å². The lowest BCUT2D eigenvalue weighted by Gasteiger charge is -2.23.